The molecule has 4 nitrogen and oxygen atoms in total. The van der Waals surface area contributed by atoms with Crippen LogP contribution in [0.15, 0.2) is 84.6 Å². The van der Waals surface area contributed by atoms with Crippen LogP contribution in [-0.4, -0.2) is 47.5 Å². The van der Waals surface area contributed by atoms with Gasteiger partial charge in [-0.25, -0.2) is 0 Å². The molecule has 1 unspecified atom stereocenters. The predicted octanol–water partition coefficient (Wildman–Crippen LogP) is 6.61. The Balaban J connectivity index is 1.13. The summed E-state index contributed by atoms with van der Waals surface area (Å²) < 4.78 is 0. The molecule has 4 heteroatoms. The van der Waals surface area contributed by atoms with Crippen LogP contribution in [0.1, 0.15) is 44.7 Å². The number of pyridine rings is 1. The number of benzene rings is 2. The number of aromatic nitrogens is 1. The first-order chi connectivity index (χ1) is 17.5. The van der Waals surface area contributed by atoms with Gasteiger partial charge in [-0.2, -0.15) is 0 Å². The zero-order chi connectivity index (χ0) is 25.0. The Bertz CT molecular complexity index is 1210. The second-order valence-corrected chi connectivity index (χ2v) is 10.9. The van der Waals surface area contributed by atoms with Crippen LogP contribution in [-0.2, 0) is 12.1 Å². The first-order valence-corrected chi connectivity index (χ1v) is 13.5. The van der Waals surface area contributed by atoms with Crippen molar-refractivity contribution in [2.75, 3.05) is 38.0 Å². The Labute approximate surface area is 216 Å². The third-order valence-electron chi connectivity index (χ3n) is 7.78. The molecular weight excluding hydrogens is 440 g/mol. The summed E-state index contributed by atoms with van der Waals surface area (Å²) in [6.07, 6.45) is 11.6. The van der Waals surface area contributed by atoms with Gasteiger partial charge in [0, 0.05) is 62.1 Å². The molecule has 0 bridgehead atoms. The highest BCUT2D eigenvalue weighted by Crippen LogP contribution is 2.30. The maximum Gasteiger partial charge on any atom is 0.0757 e. The van der Waals surface area contributed by atoms with Gasteiger partial charge in [0.05, 0.1) is 11.1 Å². The number of anilines is 1. The van der Waals surface area contributed by atoms with E-state index >= 15 is 0 Å². The quantitative estimate of drug-likeness (QED) is 0.393. The molecule has 1 aromatic heterocycles. The molecular formula is C32H40N4. The largest absolute Gasteiger partial charge is 0.376 e. The number of piperazine rings is 1. The minimum Gasteiger partial charge on any atom is -0.376 e. The molecule has 1 saturated heterocycles. The van der Waals surface area contributed by atoms with Crippen molar-refractivity contribution in [2.45, 2.75) is 45.7 Å². The summed E-state index contributed by atoms with van der Waals surface area (Å²) in [7, 11) is 0. The Kier molecular flexibility index (Phi) is 7.54. The van der Waals surface area contributed by atoms with E-state index < -0.39 is 0 Å². The summed E-state index contributed by atoms with van der Waals surface area (Å²) in [4.78, 5) is 9.85. The van der Waals surface area contributed by atoms with Gasteiger partial charge in [0.25, 0.3) is 0 Å². The highest BCUT2D eigenvalue weighted by Gasteiger charge is 2.23. The van der Waals surface area contributed by atoms with Crippen molar-refractivity contribution in [3.63, 3.8) is 0 Å². The summed E-state index contributed by atoms with van der Waals surface area (Å²) in [5.41, 5.74) is 6.06. The topological polar surface area (TPSA) is 31.4 Å². The van der Waals surface area contributed by atoms with E-state index in [0.717, 1.165) is 56.4 Å². The van der Waals surface area contributed by atoms with Crippen LogP contribution in [0.3, 0.4) is 0 Å². The molecule has 2 heterocycles. The second-order valence-electron chi connectivity index (χ2n) is 10.9. The lowest BCUT2D eigenvalue weighted by Crippen LogP contribution is -2.46. The third kappa shape index (κ3) is 5.88. The average molecular weight is 481 g/mol. The molecule has 1 atom stereocenters. The first kappa shape index (κ1) is 24.7. The van der Waals surface area contributed by atoms with E-state index in [0.29, 0.717) is 0 Å². The molecule has 3 aromatic rings. The summed E-state index contributed by atoms with van der Waals surface area (Å²) in [5, 5.41) is 4.92. The molecule has 1 fully saturated rings. The normalized spacial score (nSPS) is 19.4. The van der Waals surface area contributed by atoms with E-state index in [2.05, 4.69) is 108 Å². The lowest BCUT2D eigenvalue weighted by Gasteiger charge is -2.35. The van der Waals surface area contributed by atoms with Crippen LogP contribution in [0, 0.1) is 5.92 Å². The molecule has 0 amide bonds. The summed E-state index contributed by atoms with van der Waals surface area (Å²) in [6, 6.07) is 19.5. The van der Waals surface area contributed by atoms with Crippen LogP contribution in [0.5, 0.6) is 0 Å². The number of fused-ring (bicyclic) bond motifs is 1. The van der Waals surface area contributed by atoms with Crippen LogP contribution in [0.4, 0.5) is 5.69 Å². The van der Waals surface area contributed by atoms with Gasteiger partial charge in [-0.05, 0) is 61.9 Å². The number of hydrogen-bond donors (Lipinski definition) is 1. The number of allylic oxidation sites excluding steroid dienone is 2. The Morgan fingerprint density at radius 2 is 1.64 bits per heavy atom. The van der Waals surface area contributed by atoms with E-state index in [1.807, 2.05) is 12.3 Å². The minimum atomic E-state index is -0.230. The van der Waals surface area contributed by atoms with Crippen molar-refractivity contribution in [2.24, 2.45) is 5.92 Å². The fraction of sp³-hybridized carbons (Fsp3) is 0.406. The Hall–Kier alpha value is -2.95. The second kappa shape index (κ2) is 11.0. The van der Waals surface area contributed by atoms with Gasteiger partial charge < -0.3 is 5.32 Å². The van der Waals surface area contributed by atoms with Gasteiger partial charge in [-0.15, -0.1) is 0 Å². The van der Waals surface area contributed by atoms with E-state index in [-0.39, 0.29) is 5.54 Å². The van der Waals surface area contributed by atoms with Gasteiger partial charge in [0.2, 0.25) is 0 Å². The molecule has 0 saturated carbocycles. The van der Waals surface area contributed by atoms with E-state index in [1.165, 1.54) is 34.9 Å². The maximum atomic E-state index is 4.66. The molecule has 2 aliphatic rings. The van der Waals surface area contributed by atoms with E-state index in [9.17, 15) is 0 Å². The molecule has 1 aliphatic heterocycles. The van der Waals surface area contributed by atoms with Crippen molar-refractivity contribution >= 4 is 16.6 Å². The van der Waals surface area contributed by atoms with E-state index in [1.54, 1.807) is 0 Å². The molecule has 0 radical (unpaired) electrons. The lowest BCUT2D eigenvalue weighted by atomic mass is 9.91. The lowest BCUT2D eigenvalue weighted by molar-refractivity contribution is 0.135. The number of nitrogens with zero attached hydrogens (tertiary/aromatic N) is 3. The van der Waals surface area contributed by atoms with Crippen LogP contribution in [0.2, 0.25) is 0 Å². The van der Waals surface area contributed by atoms with Crippen molar-refractivity contribution in [1.82, 2.24) is 14.8 Å². The van der Waals surface area contributed by atoms with Crippen molar-refractivity contribution in [1.29, 1.82) is 0 Å². The van der Waals surface area contributed by atoms with Crippen molar-refractivity contribution in [3.05, 3.63) is 95.7 Å². The Morgan fingerprint density at radius 1 is 0.917 bits per heavy atom. The van der Waals surface area contributed by atoms with Gasteiger partial charge in [0.1, 0.15) is 0 Å². The zero-order valence-corrected chi connectivity index (χ0v) is 22.1. The standard InChI is InChI=1S/C32H40N4/c1-4-25-10-12-26(13-11-25)23-35-19-21-36(22-20-35)24-27-14-16-29(17-15-27)34-32(2,3)30-9-5-7-28-8-6-18-33-31(28)30/h5-10,12-18,25,34H,4,11,19-24H2,1-3H3. The highest BCUT2D eigenvalue weighted by molar-refractivity contribution is 5.83. The molecule has 36 heavy (non-hydrogen) atoms. The van der Waals surface area contributed by atoms with Crippen LogP contribution >= 0.6 is 0 Å². The van der Waals surface area contributed by atoms with Gasteiger partial charge >= 0.3 is 0 Å². The maximum absolute atomic E-state index is 4.66. The molecule has 188 valence electrons. The van der Waals surface area contributed by atoms with Gasteiger partial charge in [-0.1, -0.05) is 61.5 Å². The number of nitrogens with one attached hydrogen (secondary N) is 1. The summed E-state index contributed by atoms with van der Waals surface area (Å²) in [6.45, 7) is 13.4. The molecule has 1 aliphatic carbocycles. The zero-order valence-electron chi connectivity index (χ0n) is 22.1. The minimum absolute atomic E-state index is 0.230. The van der Waals surface area contributed by atoms with Crippen LogP contribution in [0.25, 0.3) is 10.9 Å². The van der Waals surface area contributed by atoms with E-state index in [4.69, 9.17) is 0 Å². The monoisotopic (exact) mass is 480 g/mol. The third-order valence-corrected chi connectivity index (χ3v) is 7.78. The van der Waals surface area contributed by atoms with Crippen molar-refractivity contribution in [3.8, 4) is 0 Å². The number of para-hydroxylation sites is 1. The van der Waals surface area contributed by atoms with Crippen LogP contribution < -0.4 is 5.32 Å². The first-order valence-electron chi connectivity index (χ1n) is 13.5. The summed E-state index contributed by atoms with van der Waals surface area (Å²) in [5.74, 6) is 0.744. The predicted molar refractivity (Wildman–Crippen MR) is 152 cm³/mol. The van der Waals surface area contributed by atoms with Gasteiger partial charge in [-0.3, -0.25) is 14.8 Å². The SMILES string of the molecule is CCC1C=CC(CN2CCN(Cc3ccc(NC(C)(C)c4cccc5cccnc45)cc3)CC2)=CC1. The fourth-order valence-electron chi connectivity index (χ4n) is 5.48. The highest BCUT2D eigenvalue weighted by atomic mass is 15.3. The van der Waals surface area contributed by atoms with Gasteiger partial charge in [0.15, 0.2) is 0 Å². The molecule has 2 aromatic carbocycles. The smallest absolute Gasteiger partial charge is 0.0757 e. The average Bonchev–Trinajstić information content (AvgIpc) is 2.91. The fourth-order valence-corrected chi connectivity index (χ4v) is 5.48. The molecule has 0 spiro atoms. The molecule has 5 rings (SSSR count). The Morgan fingerprint density at radius 3 is 2.33 bits per heavy atom. The van der Waals surface area contributed by atoms with Crippen molar-refractivity contribution < 1.29 is 0 Å². The number of rotatable bonds is 8. The summed E-state index contributed by atoms with van der Waals surface area (Å²) >= 11 is 0. The molecule has 1 N–H and O–H groups in total. The number of hydrogen-bond acceptors (Lipinski definition) is 4.